The molecule has 5 heteroatoms. The number of aromatic carboxylic acids is 1. The fraction of sp³-hybridized carbons (Fsp3) is 0.200. The van der Waals surface area contributed by atoms with Crippen LogP contribution in [0.2, 0.25) is 5.02 Å². The molecule has 0 saturated heterocycles. The summed E-state index contributed by atoms with van der Waals surface area (Å²) in [5.41, 5.74) is 4.16. The van der Waals surface area contributed by atoms with Gasteiger partial charge in [-0.1, -0.05) is 38.4 Å². The van der Waals surface area contributed by atoms with Crippen LogP contribution in [-0.4, -0.2) is 16.1 Å². The summed E-state index contributed by atoms with van der Waals surface area (Å²) in [4.78, 5) is 16.6. The molecule has 0 aliphatic carbocycles. The lowest BCUT2D eigenvalue weighted by atomic mass is 9.90. The van der Waals surface area contributed by atoms with Crippen LogP contribution < -0.4 is 0 Å². The molecule has 0 bridgehead atoms. The van der Waals surface area contributed by atoms with E-state index in [1.54, 1.807) is 23.5 Å². The Balaban J connectivity index is 1.97. The number of nitrogens with zero attached hydrogens (tertiary/aromatic N) is 1. The van der Waals surface area contributed by atoms with Crippen molar-refractivity contribution < 1.29 is 9.90 Å². The van der Waals surface area contributed by atoms with Gasteiger partial charge in [-0.25, -0.2) is 4.79 Å². The molecule has 2 heterocycles. The normalized spacial score (nSPS) is 11.5. The Morgan fingerprint density at radius 3 is 2.52 bits per heavy atom. The lowest BCUT2D eigenvalue weighted by Crippen LogP contribution is -2.13. The highest BCUT2D eigenvalue weighted by Crippen LogP contribution is 2.37. The molecule has 0 spiro atoms. The van der Waals surface area contributed by atoms with E-state index in [1.165, 1.54) is 6.07 Å². The van der Waals surface area contributed by atoms with Gasteiger partial charge in [0.1, 0.15) is 0 Å². The van der Waals surface area contributed by atoms with E-state index in [4.69, 9.17) is 16.7 Å². The molecule has 0 aliphatic heterocycles. The molecule has 0 amide bonds. The van der Waals surface area contributed by atoms with Crippen molar-refractivity contribution in [2.24, 2.45) is 0 Å². The maximum Gasteiger partial charge on any atom is 0.335 e. The topological polar surface area (TPSA) is 50.2 Å². The Morgan fingerprint density at radius 1 is 1.12 bits per heavy atom. The molecule has 0 unspecified atom stereocenters. The van der Waals surface area contributed by atoms with Crippen molar-refractivity contribution in [2.45, 2.75) is 26.2 Å². The van der Waals surface area contributed by atoms with E-state index in [1.807, 2.05) is 17.6 Å². The van der Waals surface area contributed by atoms with E-state index in [9.17, 15) is 4.79 Å². The van der Waals surface area contributed by atoms with Crippen molar-refractivity contribution in [2.75, 3.05) is 0 Å². The van der Waals surface area contributed by atoms with Gasteiger partial charge in [0, 0.05) is 32.8 Å². The summed E-state index contributed by atoms with van der Waals surface area (Å²) < 4.78 is 0. The zero-order valence-electron chi connectivity index (χ0n) is 14.2. The lowest BCUT2D eigenvalue weighted by molar-refractivity contribution is 0.0697. The number of halogens is 1. The number of carboxylic acids is 1. The van der Waals surface area contributed by atoms with E-state index >= 15 is 0 Å². The number of aromatic nitrogens is 1. The highest BCUT2D eigenvalue weighted by Gasteiger charge is 2.17. The molecule has 128 valence electrons. The van der Waals surface area contributed by atoms with Crippen molar-refractivity contribution in [3.63, 3.8) is 0 Å². The van der Waals surface area contributed by atoms with Gasteiger partial charge in [0.2, 0.25) is 0 Å². The summed E-state index contributed by atoms with van der Waals surface area (Å²) >= 11 is 7.91. The largest absolute Gasteiger partial charge is 0.478 e. The zero-order chi connectivity index (χ0) is 18.2. The van der Waals surface area contributed by atoms with Crippen LogP contribution in [0.25, 0.3) is 21.6 Å². The standard InChI is InChI=1S/C20H18ClNO2S/c1-20(2,3)18-10-12(6-7-22-18)17-9-14(11-25-17)15-5-4-13(19(23)24)8-16(15)21/h4-11H,1-3H3,(H,23,24). The van der Waals surface area contributed by atoms with Gasteiger partial charge < -0.3 is 5.11 Å². The third-order valence-electron chi connectivity index (χ3n) is 3.94. The quantitative estimate of drug-likeness (QED) is 0.602. The maximum atomic E-state index is 11.0. The van der Waals surface area contributed by atoms with Gasteiger partial charge in [0.25, 0.3) is 0 Å². The molecule has 0 fully saturated rings. The molecule has 3 nitrogen and oxygen atoms in total. The minimum absolute atomic E-state index is 0.00787. The first-order valence-corrected chi connectivity index (χ1v) is 9.10. The summed E-state index contributed by atoms with van der Waals surface area (Å²) in [6.45, 7) is 6.42. The molecule has 3 aromatic rings. The van der Waals surface area contributed by atoms with Crippen molar-refractivity contribution in [3.05, 3.63) is 64.3 Å². The molecule has 0 saturated carbocycles. The molecular weight excluding hydrogens is 354 g/mol. The third kappa shape index (κ3) is 3.75. The third-order valence-corrected chi connectivity index (χ3v) is 5.23. The smallest absolute Gasteiger partial charge is 0.335 e. The molecule has 25 heavy (non-hydrogen) atoms. The first-order valence-electron chi connectivity index (χ1n) is 7.84. The Hall–Kier alpha value is -2.17. The number of hydrogen-bond acceptors (Lipinski definition) is 3. The number of thiophene rings is 1. The average Bonchev–Trinajstić information content (AvgIpc) is 3.03. The number of carbonyl (C=O) groups is 1. The molecule has 3 rings (SSSR count). The Labute approximate surface area is 155 Å². The van der Waals surface area contributed by atoms with Crippen LogP contribution >= 0.6 is 22.9 Å². The highest BCUT2D eigenvalue weighted by atomic mass is 35.5. The minimum atomic E-state index is -0.981. The summed E-state index contributed by atoms with van der Waals surface area (Å²) in [5, 5.41) is 11.5. The zero-order valence-corrected chi connectivity index (χ0v) is 15.8. The molecule has 0 aliphatic rings. The lowest BCUT2D eigenvalue weighted by Gasteiger charge is -2.17. The van der Waals surface area contributed by atoms with Crippen molar-refractivity contribution in [1.29, 1.82) is 0 Å². The van der Waals surface area contributed by atoms with Crippen LogP contribution in [0, 0.1) is 0 Å². The van der Waals surface area contributed by atoms with E-state index < -0.39 is 5.97 Å². The summed E-state index contributed by atoms with van der Waals surface area (Å²) in [6, 6.07) is 11.0. The predicted molar refractivity (Wildman–Crippen MR) is 104 cm³/mol. The van der Waals surface area contributed by atoms with Gasteiger partial charge >= 0.3 is 5.97 Å². The minimum Gasteiger partial charge on any atom is -0.478 e. The summed E-state index contributed by atoms with van der Waals surface area (Å²) in [5.74, 6) is -0.981. The van der Waals surface area contributed by atoms with Crippen LogP contribution in [0.15, 0.2) is 48.0 Å². The molecule has 1 N–H and O–H groups in total. The first kappa shape index (κ1) is 17.6. The average molecular weight is 372 g/mol. The Bertz CT molecular complexity index is 941. The van der Waals surface area contributed by atoms with Crippen LogP contribution in [0.5, 0.6) is 0 Å². The van der Waals surface area contributed by atoms with Gasteiger partial charge in [-0.3, -0.25) is 4.98 Å². The monoisotopic (exact) mass is 371 g/mol. The fourth-order valence-electron chi connectivity index (χ4n) is 2.51. The fourth-order valence-corrected chi connectivity index (χ4v) is 3.70. The number of pyridine rings is 1. The predicted octanol–water partition coefficient (Wildman–Crippen LogP) is 6.13. The number of rotatable bonds is 3. The highest BCUT2D eigenvalue weighted by molar-refractivity contribution is 7.14. The van der Waals surface area contributed by atoms with E-state index in [2.05, 4.69) is 37.9 Å². The second-order valence-electron chi connectivity index (χ2n) is 6.88. The van der Waals surface area contributed by atoms with E-state index in [0.29, 0.717) is 5.02 Å². The van der Waals surface area contributed by atoms with Crippen molar-refractivity contribution >= 4 is 28.9 Å². The summed E-state index contributed by atoms with van der Waals surface area (Å²) in [7, 11) is 0. The SMILES string of the molecule is CC(C)(C)c1cc(-c2cc(-c3ccc(C(=O)O)cc3Cl)cs2)ccn1. The Morgan fingerprint density at radius 2 is 1.88 bits per heavy atom. The molecular formula is C20H18ClNO2S. The van der Waals surface area contributed by atoms with Gasteiger partial charge in [-0.2, -0.15) is 0 Å². The van der Waals surface area contributed by atoms with Crippen LogP contribution in [0.1, 0.15) is 36.8 Å². The van der Waals surface area contributed by atoms with Crippen LogP contribution in [0.3, 0.4) is 0 Å². The second-order valence-corrected chi connectivity index (χ2v) is 8.20. The van der Waals surface area contributed by atoms with Crippen LogP contribution in [-0.2, 0) is 5.41 Å². The first-order chi connectivity index (χ1) is 11.8. The maximum absolute atomic E-state index is 11.0. The van der Waals surface area contributed by atoms with E-state index in [-0.39, 0.29) is 11.0 Å². The molecule has 1 aromatic carbocycles. The molecule has 2 aromatic heterocycles. The van der Waals surface area contributed by atoms with Gasteiger partial charge in [-0.05, 0) is 46.8 Å². The molecule has 0 radical (unpaired) electrons. The summed E-state index contributed by atoms with van der Waals surface area (Å²) in [6.07, 6.45) is 1.84. The van der Waals surface area contributed by atoms with Crippen molar-refractivity contribution in [1.82, 2.24) is 4.98 Å². The van der Waals surface area contributed by atoms with Gasteiger partial charge in [0.05, 0.1) is 5.56 Å². The number of hydrogen-bond donors (Lipinski definition) is 1. The van der Waals surface area contributed by atoms with Gasteiger partial charge in [0.15, 0.2) is 0 Å². The number of benzene rings is 1. The second kappa shape index (κ2) is 6.62. The molecule has 0 atom stereocenters. The van der Waals surface area contributed by atoms with Crippen molar-refractivity contribution in [3.8, 4) is 21.6 Å². The van der Waals surface area contributed by atoms with Gasteiger partial charge in [-0.15, -0.1) is 11.3 Å². The Kier molecular flexibility index (Phi) is 4.67. The number of carboxylic acid groups (broad SMARTS) is 1. The van der Waals surface area contributed by atoms with E-state index in [0.717, 1.165) is 27.3 Å². The van der Waals surface area contributed by atoms with Crippen LogP contribution in [0.4, 0.5) is 0 Å².